The molecule has 0 unspecified atom stereocenters. The van der Waals surface area contributed by atoms with Crippen LogP contribution in [0.3, 0.4) is 0 Å². The van der Waals surface area contributed by atoms with Crippen LogP contribution >= 0.6 is 0 Å². The van der Waals surface area contributed by atoms with Gasteiger partial charge in [-0.25, -0.2) is 14.6 Å². The average molecular weight is 328 g/mol. The van der Waals surface area contributed by atoms with E-state index in [-0.39, 0.29) is 0 Å². The number of hydrogen-bond donors (Lipinski definition) is 1. The van der Waals surface area contributed by atoms with E-state index < -0.39 is 0 Å². The first kappa shape index (κ1) is 13.7. The number of hydrogen-bond acceptors (Lipinski definition) is 6. The van der Waals surface area contributed by atoms with Crippen molar-refractivity contribution in [3.8, 4) is 11.4 Å². The van der Waals surface area contributed by atoms with Crippen LogP contribution in [0.2, 0.25) is 0 Å². The molecule has 8 heteroatoms. The summed E-state index contributed by atoms with van der Waals surface area (Å²) in [6.07, 6.45) is 5.13. The Morgan fingerprint density at radius 1 is 1.04 bits per heavy atom. The van der Waals surface area contributed by atoms with E-state index in [2.05, 4.69) is 41.5 Å². The van der Waals surface area contributed by atoms with Gasteiger partial charge in [-0.2, -0.15) is 5.10 Å². The number of aromatic nitrogens is 8. The third kappa shape index (κ3) is 2.40. The summed E-state index contributed by atoms with van der Waals surface area (Å²) in [5.74, 6) is 0. The van der Waals surface area contributed by atoms with Gasteiger partial charge in [0.15, 0.2) is 5.65 Å². The summed E-state index contributed by atoms with van der Waals surface area (Å²) >= 11 is 0. The third-order valence-corrected chi connectivity index (χ3v) is 4.00. The second-order valence-corrected chi connectivity index (χ2v) is 5.65. The molecule has 1 aromatic carbocycles. The van der Waals surface area contributed by atoms with Gasteiger partial charge in [0.25, 0.3) is 0 Å². The molecule has 0 atom stereocenters. The van der Waals surface area contributed by atoms with Crippen LogP contribution in [0.1, 0.15) is 5.56 Å². The highest BCUT2D eigenvalue weighted by atomic mass is 15.4. The van der Waals surface area contributed by atoms with E-state index in [4.69, 9.17) is 0 Å². The maximum Gasteiger partial charge on any atom is 0.221 e. The van der Waals surface area contributed by atoms with E-state index in [1.165, 1.54) is 0 Å². The summed E-state index contributed by atoms with van der Waals surface area (Å²) in [6, 6.07) is 12.0. The van der Waals surface area contributed by atoms with Gasteiger partial charge in [-0.1, -0.05) is 17.3 Å². The van der Waals surface area contributed by atoms with Crippen molar-refractivity contribution in [1.29, 1.82) is 0 Å². The lowest BCUT2D eigenvalue weighted by Crippen LogP contribution is -2.03. The Morgan fingerprint density at radius 3 is 2.96 bits per heavy atom. The molecular formula is C17H12N8. The second kappa shape index (κ2) is 5.45. The van der Waals surface area contributed by atoms with Crippen molar-refractivity contribution < 1.29 is 0 Å². The molecule has 0 radical (unpaired) electrons. The third-order valence-electron chi connectivity index (χ3n) is 4.00. The van der Waals surface area contributed by atoms with Crippen molar-refractivity contribution in [2.24, 2.45) is 0 Å². The smallest absolute Gasteiger partial charge is 0.221 e. The molecule has 5 aromatic rings. The first-order chi connectivity index (χ1) is 12.4. The van der Waals surface area contributed by atoms with Crippen molar-refractivity contribution in [3.05, 3.63) is 60.6 Å². The van der Waals surface area contributed by atoms with Crippen LogP contribution in [-0.2, 0) is 6.54 Å². The number of H-pyrrole nitrogens is 1. The Labute approximate surface area is 141 Å². The minimum Gasteiger partial charge on any atom is -0.276 e. The number of pyridine rings is 1. The molecule has 120 valence electrons. The average Bonchev–Trinajstić information content (AvgIpc) is 3.32. The Hall–Kier alpha value is -3.68. The standard InChI is InChI=1S/C17H12N8/c1-2-12-8-11(3-4-13(12)18-6-1)10-25-17-16(23-24-25)19-9-15(21-17)14-5-7-20-22-14/h1-9H,10H2,(H,20,22). The minimum absolute atomic E-state index is 0.519. The van der Waals surface area contributed by atoms with E-state index in [1.54, 1.807) is 23.3 Å². The van der Waals surface area contributed by atoms with Gasteiger partial charge in [-0.15, -0.1) is 5.10 Å². The molecule has 0 bridgehead atoms. The fraction of sp³-hybridized carbons (Fsp3) is 0.0588. The molecule has 5 rings (SSSR count). The summed E-state index contributed by atoms with van der Waals surface area (Å²) in [4.78, 5) is 13.3. The topological polar surface area (TPSA) is 98.1 Å². The molecule has 0 spiro atoms. The Morgan fingerprint density at radius 2 is 2.04 bits per heavy atom. The highest BCUT2D eigenvalue weighted by Crippen LogP contribution is 2.18. The number of nitrogens with zero attached hydrogens (tertiary/aromatic N) is 7. The minimum atomic E-state index is 0.519. The highest BCUT2D eigenvalue weighted by Gasteiger charge is 2.11. The number of rotatable bonds is 3. The van der Waals surface area contributed by atoms with Crippen molar-refractivity contribution in [1.82, 2.24) is 40.1 Å². The van der Waals surface area contributed by atoms with Gasteiger partial charge in [0.05, 0.1) is 24.0 Å². The molecule has 0 aliphatic heterocycles. The van der Waals surface area contributed by atoms with E-state index in [1.807, 2.05) is 30.3 Å². The number of fused-ring (bicyclic) bond motifs is 2. The van der Waals surface area contributed by atoms with Crippen LogP contribution in [0, 0.1) is 0 Å². The van der Waals surface area contributed by atoms with Gasteiger partial charge >= 0.3 is 0 Å². The number of benzene rings is 1. The zero-order chi connectivity index (χ0) is 16.6. The van der Waals surface area contributed by atoms with Crippen LogP contribution in [0.15, 0.2) is 55.0 Å². The van der Waals surface area contributed by atoms with Crippen molar-refractivity contribution in [3.63, 3.8) is 0 Å². The van der Waals surface area contributed by atoms with Crippen LogP contribution in [0.4, 0.5) is 0 Å². The fourth-order valence-electron chi connectivity index (χ4n) is 2.79. The van der Waals surface area contributed by atoms with E-state index in [9.17, 15) is 0 Å². The lowest BCUT2D eigenvalue weighted by atomic mass is 10.1. The molecule has 0 fully saturated rings. The molecule has 8 nitrogen and oxygen atoms in total. The van der Waals surface area contributed by atoms with Crippen molar-refractivity contribution >= 4 is 22.2 Å². The molecule has 0 amide bonds. The van der Waals surface area contributed by atoms with Gasteiger partial charge in [0.1, 0.15) is 5.69 Å². The van der Waals surface area contributed by atoms with Crippen molar-refractivity contribution in [2.45, 2.75) is 6.54 Å². The maximum atomic E-state index is 4.63. The number of nitrogens with one attached hydrogen (secondary N) is 1. The Kier molecular flexibility index (Phi) is 2.99. The molecule has 0 aliphatic carbocycles. The van der Waals surface area contributed by atoms with Crippen LogP contribution < -0.4 is 0 Å². The van der Waals surface area contributed by atoms with Gasteiger partial charge < -0.3 is 0 Å². The van der Waals surface area contributed by atoms with E-state index in [0.717, 1.165) is 22.2 Å². The summed E-state index contributed by atoms with van der Waals surface area (Å²) in [5, 5.41) is 16.2. The largest absolute Gasteiger partial charge is 0.276 e. The first-order valence-corrected chi connectivity index (χ1v) is 7.76. The quantitative estimate of drug-likeness (QED) is 0.545. The molecule has 1 N–H and O–H groups in total. The molecule has 4 aromatic heterocycles. The SMILES string of the molecule is c1cnc2ccc(Cn3nnc4ncc(-c5ccn[nH]5)nc43)cc2c1. The van der Waals surface area contributed by atoms with Gasteiger partial charge in [0, 0.05) is 17.8 Å². The summed E-state index contributed by atoms with van der Waals surface area (Å²) in [5.41, 5.74) is 4.73. The maximum absolute atomic E-state index is 4.63. The van der Waals surface area contributed by atoms with Crippen LogP contribution in [0.25, 0.3) is 33.6 Å². The number of aromatic amines is 1. The fourth-order valence-corrected chi connectivity index (χ4v) is 2.79. The second-order valence-electron chi connectivity index (χ2n) is 5.65. The lowest BCUT2D eigenvalue weighted by molar-refractivity contribution is 0.664. The van der Waals surface area contributed by atoms with Crippen LogP contribution in [-0.4, -0.2) is 40.1 Å². The predicted octanol–water partition coefficient (Wildman–Crippen LogP) is 2.21. The molecule has 0 saturated heterocycles. The zero-order valence-electron chi connectivity index (χ0n) is 13.0. The molecular weight excluding hydrogens is 316 g/mol. The summed E-state index contributed by atoms with van der Waals surface area (Å²) < 4.78 is 1.75. The Bertz CT molecular complexity index is 1180. The zero-order valence-corrected chi connectivity index (χ0v) is 13.0. The van der Waals surface area contributed by atoms with Gasteiger partial charge in [-0.3, -0.25) is 10.1 Å². The highest BCUT2D eigenvalue weighted by molar-refractivity contribution is 5.79. The van der Waals surface area contributed by atoms with E-state index >= 15 is 0 Å². The molecule has 4 heterocycles. The normalized spacial score (nSPS) is 11.4. The van der Waals surface area contributed by atoms with Gasteiger partial charge in [0.2, 0.25) is 5.65 Å². The van der Waals surface area contributed by atoms with E-state index in [0.29, 0.717) is 23.5 Å². The first-order valence-electron chi connectivity index (χ1n) is 7.76. The monoisotopic (exact) mass is 328 g/mol. The molecule has 0 aliphatic rings. The molecule has 0 saturated carbocycles. The Balaban J connectivity index is 1.56. The predicted molar refractivity (Wildman–Crippen MR) is 91.5 cm³/mol. The summed E-state index contributed by atoms with van der Waals surface area (Å²) in [7, 11) is 0. The lowest BCUT2D eigenvalue weighted by Gasteiger charge is -2.04. The summed E-state index contributed by atoms with van der Waals surface area (Å²) in [6.45, 7) is 0.558. The van der Waals surface area contributed by atoms with Crippen LogP contribution in [0.5, 0.6) is 0 Å². The van der Waals surface area contributed by atoms with Gasteiger partial charge in [-0.05, 0) is 29.8 Å². The van der Waals surface area contributed by atoms with Crippen molar-refractivity contribution in [2.75, 3.05) is 0 Å². The molecule has 25 heavy (non-hydrogen) atoms.